The molecule has 0 radical (unpaired) electrons. The van der Waals surface area contributed by atoms with Crippen molar-refractivity contribution in [3.63, 3.8) is 0 Å². The molecule has 9 nitrogen and oxygen atoms in total. The van der Waals surface area contributed by atoms with Crippen molar-refractivity contribution in [2.24, 2.45) is 0 Å². The lowest BCUT2D eigenvalue weighted by atomic mass is 10.1. The first-order valence-corrected chi connectivity index (χ1v) is 13.8. The Hall–Kier alpha value is -4.27. The van der Waals surface area contributed by atoms with Crippen molar-refractivity contribution in [1.82, 2.24) is 14.7 Å². The van der Waals surface area contributed by atoms with Crippen molar-refractivity contribution in [2.75, 3.05) is 11.2 Å². The lowest BCUT2D eigenvalue weighted by Crippen LogP contribution is -2.30. The van der Waals surface area contributed by atoms with Crippen LogP contribution in [0.4, 0.5) is 10.8 Å². The molecule has 2 aromatic heterocycles. The van der Waals surface area contributed by atoms with Gasteiger partial charge in [-0.15, -0.1) is 11.3 Å². The predicted octanol–water partition coefficient (Wildman–Crippen LogP) is 4.32. The van der Waals surface area contributed by atoms with E-state index >= 15 is 0 Å². The Morgan fingerprint density at radius 3 is 2.46 bits per heavy atom. The zero-order valence-corrected chi connectivity index (χ0v) is 21.7. The number of anilines is 2. The highest BCUT2D eigenvalue weighted by Gasteiger charge is 2.22. The summed E-state index contributed by atoms with van der Waals surface area (Å²) < 4.78 is 30.9. The predicted molar refractivity (Wildman–Crippen MR) is 141 cm³/mol. The molecule has 0 saturated carbocycles. The number of nitriles is 1. The van der Waals surface area contributed by atoms with Crippen LogP contribution in [-0.4, -0.2) is 30.5 Å². The molecule has 0 aliphatic heterocycles. The third-order valence-electron chi connectivity index (χ3n) is 5.21. The molecular weight excluding hydrogens is 510 g/mol. The molecule has 0 unspecified atom stereocenters. The van der Waals surface area contributed by atoms with Gasteiger partial charge in [0.2, 0.25) is 10.0 Å². The summed E-state index contributed by atoms with van der Waals surface area (Å²) in [6, 6.07) is 20.5. The Labute approximate surface area is 219 Å². The molecule has 4 aromatic rings. The molecule has 188 valence electrons. The summed E-state index contributed by atoms with van der Waals surface area (Å²) >= 11 is 1.27. The number of amides is 1. The number of ether oxygens (including phenoxy) is 1. The van der Waals surface area contributed by atoms with Crippen LogP contribution in [0, 0.1) is 18.3 Å². The standard InChI is InChI=1S/C26H23N5O4S2/c1-18-24(25(32)30-37(2,33)34)29-26(36-18)31(22-9-5-19(14-27)6-10-22)16-20-7-11-23(12-8-20)35-17-21-4-3-13-28-15-21/h3-13,15H,16-17H2,1-2H3,(H,30,32). The average Bonchev–Trinajstić information content (AvgIpc) is 3.28. The van der Waals surface area contributed by atoms with Crippen LogP contribution in [-0.2, 0) is 23.2 Å². The molecule has 0 fully saturated rings. The van der Waals surface area contributed by atoms with E-state index in [1.807, 2.05) is 46.0 Å². The summed E-state index contributed by atoms with van der Waals surface area (Å²) in [5, 5.41) is 9.68. The van der Waals surface area contributed by atoms with Gasteiger partial charge in [0.1, 0.15) is 18.1 Å². The number of nitrogens with one attached hydrogen (secondary N) is 1. The summed E-state index contributed by atoms with van der Waals surface area (Å²) in [6.07, 6.45) is 4.38. The van der Waals surface area contributed by atoms with Gasteiger partial charge in [0.25, 0.3) is 5.91 Å². The second-order valence-corrected chi connectivity index (χ2v) is 11.1. The number of aryl methyl sites for hydroxylation is 1. The molecule has 0 aliphatic carbocycles. The smallest absolute Gasteiger partial charge is 0.284 e. The van der Waals surface area contributed by atoms with Crippen LogP contribution >= 0.6 is 11.3 Å². The molecule has 37 heavy (non-hydrogen) atoms. The number of hydrogen-bond donors (Lipinski definition) is 1. The molecular formula is C26H23N5O4S2. The van der Waals surface area contributed by atoms with Crippen LogP contribution in [0.5, 0.6) is 5.75 Å². The number of aromatic nitrogens is 2. The SMILES string of the molecule is Cc1sc(N(Cc2ccc(OCc3cccnc3)cc2)c2ccc(C#N)cc2)nc1C(=O)NS(C)(=O)=O. The van der Waals surface area contributed by atoms with Crippen molar-refractivity contribution < 1.29 is 17.9 Å². The van der Waals surface area contributed by atoms with Gasteiger partial charge in [-0.25, -0.2) is 18.1 Å². The lowest BCUT2D eigenvalue weighted by molar-refractivity contribution is 0.0977. The molecule has 1 N–H and O–H groups in total. The van der Waals surface area contributed by atoms with E-state index < -0.39 is 15.9 Å². The molecule has 0 spiro atoms. The highest BCUT2D eigenvalue weighted by atomic mass is 32.2. The molecule has 2 aromatic carbocycles. The largest absolute Gasteiger partial charge is 0.489 e. The summed E-state index contributed by atoms with van der Waals surface area (Å²) in [5.41, 5.74) is 3.24. The topological polar surface area (TPSA) is 125 Å². The van der Waals surface area contributed by atoms with Crippen LogP contribution in [0.2, 0.25) is 0 Å². The Morgan fingerprint density at radius 1 is 1.11 bits per heavy atom. The summed E-state index contributed by atoms with van der Waals surface area (Å²) in [6.45, 7) is 2.53. The Bertz CT molecular complexity index is 1530. The minimum atomic E-state index is -3.73. The number of carbonyl (C=O) groups excluding carboxylic acids is 1. The zero-order valence-electron chi connectivity index (χ0n) is 20.1. The highest BCUT2D eigenvalue weighted by molar-refractivity contribution is 7.89. The molecule has 2 heterocycles. The van der Waals surface area contributed by atoms with Gasteiger partial charge < -0.3 is 9.64 Å². The van der Waals surface area contributed by atoms with Crippen molar-refractivity contribution in [3.05, 3.63) is 100 Å². The van der Waals surface area contributed by atoms with E-state index in [9.17, 15) is 18.5 Å². The summed E-state index contributed by atoms with van der Waals surface area (Å²) in [4.78, 5) is 23.5. The van der Waals surface area contributed by atoms with Gasteiger partial charge in [0.05, 0.1) is 24.4 Å². The molecule has 4 rings (SSSR count). The maximum atomic E-state index is 12.5. The normalized spacial score (nSPS) is 10.9. The minimum Gasteiger partial charge on any atom is -0.489 e. The first kappa shape index (κ1) is 25.8. The number of pyridine rings is 1. The third-order valence-corrected chi connectivity index (χ3v) is 6.76. The maximum Gasteiger partial charge on any atom is 0.284 e. The number of benzene rings is 2. The van der Waals surface area contributed by atoms with Gasteiger partial charge in [-0.05, 0) is 55.0 Å². The fourth-order valence-electron chi connectivity index (χ4n) is 3.43. The maximum absolute atomic E-state index is 12.5. The Kier molecular flexibility index (Phi) is 7.81. The molecule has 0 aliphatic rings. The van der Waals surface area contributed by atoms with Gasteiger partial charge in [-0.2, -0.15) is 5.26 Å². The Morgan fingerprint density at radius 2 is 1.84 bits per heavy atom. The van der Waals surface area contributed by atoms with E-state index in [0.29, 0.717) is 34.5 Å². The Balaban J connectivity index is 1.58. The average molecular weight is 534 g/mol. The van der Waals surface area contributed by atoms with Crippen LogP contribution in [0.1, 0.15) is 32.1 Å². The molecule has 0 atom stereocenters. The molecule has 11 heteroatoms. The third kappa shape index (κ3) is 6.91. The van der Waals surface area contributed by atoms with Crippen LogP contribution in [0.15, 0.2) is 73.1 Å². The first-order valence-electron chi connectivity index (χ1n) is 11.1. The fourth-order valence-corrected chi connectivity index (χ4v) is 4.79. The monoisotopic (exact) mass is 533 g/mol. The van der Waals surface area contributed by atoms with E-state index in [-0.39, 0.29) is 5.69 Å². The van der Waals surface area contributed by atoms with E-state index in [1.54, 1.807) is 43.6 Å². The van der Waals surface area contributed by atoms with Crippen LogP contribution < -0.4 is 14.4 Å². The number of carbonyl (C=O) groups is 1. The number of sulfonamides is 1. The highest BCUT2D eigenvalue weighted by Crippen LogP contribution is 2.33. The number of thiazole rings is 1. The van der Waals surface area contributed by atoms with E-state index in [1.165, 1.54) is 11.3 Å². The molecule has 0 bridgehead atoms. The van der Waals surface area contributed by atoms with E-state index in [2.05, 4.69) is 16.0 Å². The van der Waals surface area contributed by atoms with Crippen LogP contribution in [0.3, 0.4) is 0 Å². The lowest BCUT2D eigenvalue weighted by Gasteiger charge is -2.22. The second kappa shape index (κ2) is 11.2. The minimum absolute atomic E-state index is 0.0446. The fraction of sp³-hybridized carbons (Fsp3) is 0.154. The van der Waals surface area contributed by atoms with Gasteiger partial charge in [0, 0.05) is 28.5 Å². The first-order chi connectivity index (χ1) is 17.7. The van der Waals surface area contributed by atoms with Gasteiger partial charge in [-0.1, -0.05) is 18.2 Å². The van der Waals surface area contributed by atoms with Crippen molar-refractivity contribution in [2.45, 2.75) is 20.1 Å². The number of nitrogens with zero attached hydrogens (tertiary/aromatic N) is 4. The summed E-state index contributed by atoms with van der Waals surface area (Å²) in [5.74, 6) is -0.0697. The van der Waals surface area contributed by atoms with E-state index in [4.69, 9.17) is 4.74 Å². The molecule has 0 saturated heterocycles. The van der Waals surface area contributed by atoms with Crippen LogP contribution in [0.25, 0.3) is 0 Å². The van der Waals surface area contributed by atoms with Crippen molar-refractivity contribution in [3.8, 4) is 11.8 Å². The van der Waals surface area contributed by atoms with Gasteiger partial charge >= 0.3 is 0 Å². The van der Waals surface area contributed by atoms with Gasteiger partial charge in [-0.3, -0.25) is 9.78 Å². The number of hydrogen-bond acceptors (Lipinski definition) is 9. The van der Waals surface area contributed by atoms with E-state index in [0.717, 1.165) is 23.1 Å². The zero-order chi connectivity index (χ0) is 26.4. The van der Waals surface area contributed by atoms with Crippen molar-refractivity contribution >= 4 is 38.1 Å². The quantitative estimate of drug-likeness (QED) is 0.337. The summed E-state index contributed by atoms with van der Waals surface area (Å²) in [7, 11) is -3.73. The number of rotatable bonds is 9. The molecule has 1 amide bonds. The van der Waals surface area contributed by atoms with Crippen molar-refractivity contribution in [1.29, 1.82) is 5.26 Å². The van der Waals surface area contributed by atoms with Gasteiger partial charge in [0.15, 0.2) is 5.13 Å². The second-order valence-electron chi connectivity index (χ2n) is 8.14.